The normalized spacial score (nSPS) is 32.0. The Morgan fingerprint density at radius 3 is 2.83 bits per heavy atom. The Morgan fingerprint density at radius 2 is 2.67 bits per heavy atom. The predicted molar refractivity (Wildman–Crippen MR) is 39.1 cm³/mol. The molecule has 0 aromatic carbocycles. The Bertz CT molecular complexity index is 51.1. The smallest absolute Gasteiger partial charge is 0.0264 e. The van der Waals surface area contributed by atoms with E-state index in [0.29, 0.717) is 0 Å². The van der Waals surface area contributed by atoms with E-state index in [0.717, 1.165) is 0 Å². The first-order valence-electron chi connectivity index (χ1n) is 1.99. The first-order valence-corrected chi connectivity index (χ1v) is 7.01. The summed E-state index contributed by atoms with van der Waals surface area (Å²) < 4.78 is 0. The molecule has 34 valence electrons. The van der Waals surface area contributed by atoms with Crippen LogP contribution in [0.3, 0.4) is 0 Å². The van der Waals surface area contributed by atoms with Crippen molar-refractivity contribution in [2.24, 2.45) is 0 Å². The van der Waals surface area contributed by atoms with Crippen molar-refractivity contribution in [2.45, 2.75) is 6.42 Å². The molecule has 2 unspecified atom stereocenters. The number of rotatable bonds is 0. The zero-order chi connectivity index (χ0) is 4.24. The van der Waals surface area contributed by atoms with Crippen LogP contribution in [0.1, 0.15) is 6.42 Å². The molecule has 0 fully saturated rings. The molecular weight excluding hydrogens is 129 g/mol. The van der Waals surface area contributed by atoms with Crippen molar-refractivity contribution < 1.29 is 0 Å². The van der Waals surface area contributed by atoms with E-state index in [1.807, 2.05) is 0 Å². The van der Waals surface area contributed by atoms with Crippen LogP contribution in [0.5, 0.6) is 0 Å². The van der Waals surface area contributed by atoms with Crippen LogP contribution in [0, 0.1) is 0 Å². The largest absolute Gasteiger partial charge is 0.0901 e. The summed E-state index contributed by atoms with van der Waals surface area (Å²) in [5, 5.41) is 0. The van der Waals surface area contributed by atoms with Gasteiger partial charge in [0.25, 0.3) is 0 Å². The van der Waals surface area contributed by atoms with Gasteiger partial charge in [-0.25, -0.2) is 0 Å². The van der Waals surface area contributed by atoms with Crippen LogP contribution in [0.4, 0.5) is 0 Å². The van der Waals surface area contributed by atoms with Gasteiger partial charge in [-0.1, -0.05) is 22.0 Å². The first-order chi connectivity index (χ1) is 3.00. The third-order valence-corrected chi connectivity index (χ3v) is 6.64. The molecule has 0 N–H and O–H groups in total. The summed E-state index contributed by atoms with van der Waals surface area (Å²) in [7, 11) is 4.15. The maximum atomic E-state index is 2.38. The lowest BCUT2D eigenvalue weighted by Crippen LogP contribution is -1.72. The topological polar surface area (TPSA) is 0 Å². The Labute approximate surface area is 43.3 Å². The standard InChI is InChI=1S/C3H7P3/c1-2-4-6-5-3-1/h2,5-6H,1,3H2. The summed E-state index contributed by atoms with van der Waals surface area (Å²) in [6.45, 7) is 0. The minimum absolute atomic E-state index is 1.25. The van der Waals surface area contributed by atoms with Crippen molar-refractivity contribution >= 4 is 29.9 Å². The monoisotopic (exact) mass is 136 g/mol. The highest BCUT2D eigenvalue weighted by Gasteiger charge is 1.87. The van der Waals surface area contributed by atoms with Gasteiger partial charge in [-0.15, -0.1) is 0 Å². The Morgan fingerprint density at radius 1 is 1.67 bits per heavy atom. The summed E-state index contributed by atoms with van der Waals surface area (Å²) in [6, 6.07) is 0. The third-order valence-electron chi connectivity index (χ3n) is 0.633. The van der Waals surface area contributed by atoms with E-state index in [4.69, 9.17) is 0 Å². The molecule has 0 saturated heterocycles. The van der Waals surface area contributed by atoms with E-state index in [-0.39, 0.29) is 0 Å². The molecule has 0 spiro atoms. The summed E-state index contributed by atoms with van der Waals surface area (Å²) in [5.74, 6) is 2.38. The first kappa shape index (κ1) is 5.17. The molecule has 0 aliphatic carbocycles. The molecule has 3 heteroatoms. The SMILES string of the molecule is C1=PPPCC1. The van der Waals surface area contributed by atoms with Gasteiger partial charge in [-0.3, -0.25) is 0 Å². The molecular formula is C3H7P3. The van der Waals surface area contributed by atoms with E-state index in [9.17, 15) is 0 Å². The van der Waals surface area contributed by atoms with Crippen LogP contribution in [0.15, 0.2) is 0 Å². The maximum Gasteiger partial charge on any atom is -0.0264 e. The minimum Gasteiger partial charge on any atom is -0.0901 e. The van der Waals surface area contributed by atoms with Crippen molar-refractivity contribution in [3.8, 4) is 0 Å². The summed E-state index contributed by atoms with van der Waals surface area (Å²) in [5.41, 5.74) is 0. The maximum absolute atomic E-state index is 2.38. The number of hydrogen-bond donors (Lipinski definition) is 0. The number of hydrogen-bond acceptors (Lipinski definition) is 0. The average Bonchev–Trinajstić information content (AvgIpc) is 1.72. The molecule has 2 atom stereocenters. The van der Waals surface area contributed by atoms with Crippen LogP contribution < -0.4 is 0 Å². The molecule has 1 heterocycles. The van der Waals surface area contributed by atoms with Gasteiger partial charge >= 0.3 is 0 Å². The highest BCUT2D eigenvalue weighted by atomic mass is 32.4. The molecule has 6 heavy (non-hydrogen) atoms. The lowest BCUT2D eigenvalue weighted by molar-refractivity contribution is 1.38. The Hall–Kier alpha value is 1.03. The predicted octanol–water partition coefficient (Wildman–Crippen LogP) is 2.33. The van der Waals surface area contributed by atoms with E-state index in [1.165, 1.54) is 28.8 Å². The van der Waals surface area contributed by atoms with Crippen LogP contribution in [-0.4, -0.2) is 12.0 Å². The van der Waals surface area contributed by atoms with Crippen LogP contribution in [0.25, 0.3) is 0 Å². The van der Waals surface area contributed by atoms with Gasteiger partial charge in [-0.05, 0) is 20.5 Å². The molecule has 1 aliphatic rings. The summed E-state index contributed by atoms with van der Waals surface area (Å²) in [4.78, 5) is 0. The molecule has 0 nitrogen and oxygen atoms in total. The average molecular weight is 136 g/mol. The minimum atomic E-state index is 1.25. The van der Waals surface area contributed by atoms with Crippen molar-refractivity contribution in [2.75, 3.05) is 6.16 Å². The van der Waals surface area contributed by atoms with Crippen molar-refractivity contribution in [1.82, 2.24) is 0 Å². The molecule has 0 radical (unpaired) electrons. The van der Waals surface area contributed by atoms with Gasteiger partial charge in [0.1, 0.15) is 0 Å². The second-order valence-electron chi connectivity index (χ2n) is 1.14. The van der Waals surface area contributed by atoms with Crippen LogP contribution >= 0.6 is 24.1 Å². The molecule has 0 aromatic rings. The zero-order valence-electron chi connectivity index (χ0n) is 3.44. The zero-order valence-corrected chi connectivity index (χ0v) is 6.33. The summed E-state index contributed by atoms with van der Waals surface area (Å²) >= 11 is 0. The van der Waals surface area contributed by atoms with Crippen LogP contribution in [-0.2, 0) is 0 Å². The highest BCUT2D eigenvalue weighted by Crippen LogP contribution is 2.50. The second-order valence-corrected chi connectivity index (χ2v) is 7.36. The Kier molecular flexibility index (Phi) is 2.66. The van der Waals surface area contributed by atoms with E-state index in [2.05, 4.69) is 5.80 Å². The third kappa shape index (κ3) is 1.65. The fourth-order valence-corrected chi connectivity index (χ4v) is 5.79. The van der Waals surface area contributed by atoms with Gasteiger partial charge in [0.15, 0.2) is 0 Å². The summed E-state index contributed by atoms with van der Waals surface area (Å²) in [6.07, 6.45) is 2.86. The molecule has 1 rings (SSSR count). The van der Waals surface area contributed by atoms with Gasteiger partial charge in [-0.2, -0.15) is 0 Å². The van der Waals surface area contributed by atoms with Gasteiger partial charge in [0, 0.05) is 0 Å². The van der Waals surface area contributed by atoms with E-state index < -0.39 is 0 Å². The molecule has 0 saturated carbocycles. The van der Waals surface area contributed by atoms with Crippen molar-refractivity contribution in [1.29, 1.82) is 0 Å². The Balaban J connectivity index is 2.26. The van der Waals surface area contributed by atoms with Gasteiger partial charge in [0.05, 0.1) is 0 Å². The van der Waals surface area contributed by atoms with Crippen molar-refractivity contribution in [3.05, 3.63) is 0 Å². The fourth-order valence-electron chi connectivity index (χ4n) is 0.348. The molecule has 1 aliphatic heterocycles. The van der Waals surface area contributed by atoms with Crippen molar-refractivity contribution in [3.63, 3.8) is 0 Å². The quantitative estimate of drug-likeness (QED) is 0.448. The molecule has 0 bridgehead atoms. The highest BCUT2D eigenvalue weighted by molar-refractivity contribution is 8.43. The van der Waals surface area contributed by atoms with E-state index >= 15 is 0 Å². The van der Waals surface area contributed by atoms with Crippen LogP contribution in [0.2, 0.25) is 0 Å². The molecule has 0 amide bonds. The van der Waals surface area contributed by atoms with Gasteiger partial charge < -0.3 is 0 Å². The van der Waals surface area contributed by atoms with Gasteiger partial charge in [0.2, 0.25) is 0 Å². The fraction of sp³-hybridized carbons (Fsp3) is 0.667. The molecule has 0 aromatic heterocycles. The lowest BCUT2D eigenvalue weighted by Gasteiger charge is -1.97. The second kappa shape index (κ2) is 3.09. The lowest BCUT2D eigenvalue weighted by atomic mass is 10.6. The van der Waals surface area contributed by atoms with E-state index in [1.54, 1.807) is 7.89 Å².